The van der Waals surface area contributed by atoms with Crippen LogP contribution in [0.4, 0.5) is 0 Å². The second-order valence-corrected chi connectivity index (χ2v) is 6.17. The standard InChI is InChI=1S/C14H8BrCl3O3/c15-9-4-12(18)13(5-11(9)17)21-6-8-2-1-7(14(19)20)3-10(8)16/h1-5H,6H2,(H,19,20). The fourth-order valence-corrected chi connectivity index (χ4v) is 2.65. The topological polar surface area (TPSA) is 46.5 Å². The Balaban J connectivity index is 2.17. The number of hydrogen-bond acceptors (Lipinski definition) is 2. The lowest BCUT2D eigenvalue weighted by atomic mass is 10.1. The molecule has 0 aliphatic carbocycles. The minimum absolute atomic E-state index is 0.119. The Bertz CT molecular complexity index is 704. The molecule has 0 aromatic heterocycles. The van der Waals surface area contributed by atoms with Crippen molar-refractivity contribution < 1.29 is 14.6 Å². The highest BCUT2D eigenvalue weighted by atomic mass is 79.9. The molecule has 0 saturated heterocycles. The molecule has 0 spiro atoms. The number of carboxylic acids is 1. The molecule has 1 N–H and O–H groups in total. The van der Waals surface area contributed by atoms with Gasteiger partial charge in [-0.1, -0.05) is 40.9 Å². The summed E-state index contributed by atoms with van der Waals surface area (Å²) in [5.74, 6) is -0.615. The van der Waals surface area contributed by atoms with Crippen LogP contribution >= 0.6 is 50.7 Å². The van der Waals surface area contributed by atoms with Crippen LogP contribution < -0.4 is 4.74 Å². The monoisotopic (exact) mass is 408 g/mol. The molecule has 2 rings (SSSR count). The normalized spacial score (nSPS) is 10.5. The maximum absolute atomic E-state index is 10.8. The van der Waals surface area contributed by atoms with Gasteiger partial charge in [0.15, 0.2) is 0 Å². The SMILES string of the molecule is O=C(O)c1ccc(COc2cc(Cl)c(Br)cc2Cl)c(Cl)c1. The van der Waals surface area contributed by atoms with Gasteiger partial charge >= 0.3 is 5.97 Å². The van der Waals surface area contributed by atoms with E-state index in [4.69, 9.17) is 44.6 Å². The Kier molecular flexibility index (Phi) is 5.38. The van der Waals surface area contributed by atoms with E-state index in [1.54, 1.807) is 18.2 Å². The quantitative estimate of drug-likeness (QED) is 0.659. The summed E-state index contributed by atoms with van der Waals surface area (Å²) < 4.78 is 6.24. The van der Waals surface area contributed by atoms with Crippen LogP contribution in [-0.2, 0) is 6.61 Å². The summed E-state index contributed by atoms with van der Waals surface area (Å²) in [5.41, 5.74) is 0.769. The molecule has 0 unspecified atom stereocenters. The number of halogens is 4. The molecule has 0 fully saturated rings. The summed E-state index contributed by atoms with van der Waals surface area (Å²) in [4.78, 5) is 10.8. The first-order chi connectivity index (χ1) is 9.88. The first kappa shape index (κ1) is 16.4. The molecule has 0 aliphatic rings. The number of carboxylic acid groups (broad SMARTS) is 1. The molecule has 0 aliphatic heterocycles. The maximum Gasteiger partial charge on any atom is 0.335 e. The van der Waals surface area contributed by atoms with E-state index in [0.29, 0.717) is 30.9 Å². The minimum Gasteiger partial charge on any atom is -0.487 e. The molecule has 3 nitrogen and oxygen atoms in total. The smallest absolute Gasteiger partial charge is 0.335 e. The summed E-state index contributed by atoms with van der Waals surface area (Å²) in [6.07, 6.45) is 0. The third kappa shape index (κ3) is 4.04. The lowest BCUT2D eigenvalue weighted by Crippen LogP contribution is -2.00. The fraction of sp³-hybridized carbons (Fsp3) is 0.0714. The first-order valence-electron chi connectivity index (χ1n) is 5.67. The summed E-state index contributed by atoms with van der Waals surface area (Å²) in [6, 6.07) is 7.66. The van der Waals surface area contributed by atoms with E-state index >= 15 is 0 Å². The van der Waals surface area contributed by atoms with E-state index in [9.17, 15) is 4.79 Å². The zero-order valence-corrected chi connectivity index (χ0v) is 14.2. The van der Waals surface area contributed by atoms with E-state index in [2.05, 4.69) is 15.9 Å². The Morgan fingerprint density at radius 2 is 1.81 bits per heavy atom. The first-order valence-corrected chi connectivity index (χ1v) is 7.60. The number of rotatable bonds is 4. The van der Waals surface area contributed by atoms with Crippen molar-refractivity contribution in [2.24, 2.45) is 0 Å². The van der Waals surface area contributed by atoms with Gasteiger partial charge in [0.1, 0.15) is 12.4 Å². The predicted molar refractivity (Wildman–Crippen MR) is 86.9 cm³/mol. The third-order valence-electron chi connectivity index (χ3n) is 2.66. The highest BCUT2D eigenvalue weighted by Crippen LogP contribution is 2.34. The van der Waals surface area contributed by atoms with Crippen LogP contribution in [0.1, 0.15) is 15.9 Å². The third-order valence-corrected chi connectivity index (χ3v) is 4.50. The molecule has 0 radical (unpaired) electrons. The molecule has 21 heavy (non-hydrogen) atoms. The summed E-state index contributed by atoms with van der Waals surface area (Å²) >= 11 is 21.3. The average molecular weight is 410 g/mol. The molecule has 0 atom stereocenters. The second-order valence-electron chi connectivity index (χ2n) is 4.10. The zero-order valence-electron chi connectivity index (χ0n) is 10.4. The van der Waals surface area contributed by atoms with Crippen LogP contribution in [0.3, 0.4) is 0 Å². The molecule has 110 valence electrons. The van der Waals surface area contributed by atoms with Crippen molar-refractivity contribution in [1.29, 1.82) is 0 Å². The van der Waals surface area contributed by atoms with E-state index in [1.165, 1.54) is 12.1 Å². The average Bonchev–Trinajstić information content (AvgIpc) is 2.42. The summed E-state index contributed by atoms with van der Waals surface area (Å²) in [5, 5.41) is 10.1. The molecule has 0 heterocycles. The lowest BCUT2D eigenvalue weighted by molar-refractivity contribution is 0.0697. The number of ether oxygens (including phenoxy) is 1. The zero-order chi connectivity index (χ0) is 15.6. The largest absolute Gasteiger partial charge is 0.487 e. The molecular formula is C14H8BrCl3O3. The van der Waals surface area contributed by atoms with Gasteiger partial charge < -0.3 is 9.84 Å². The highest BCUT2D eigenvalue weighted by Gasteiger charge is 2.10. The van der Waals surface area contributed by atoms with Crippen molar-refractivity contribution in [3.05, 3.63) is 61.0 Å². The molecule has 2 aromatic rings. The van der Waals surface area contributed by atoms with Crippen LogP contribution in [-0.4, -0.2) is 11.1 Å². The van der Waals surface area contributed by atoms with Crippen LogP contribution in [0.25, 0.3) is 0 Å². The van der Waals surface area contributed by atoms with Gasteiger partial charge in [-0.15, -0.1) is 0 Å². The molecule has 2 aromatic carbocycles. The van der Waals surface area contributed by atoms with E-state index < -0.39 is 5.97 Å². The minimum atomic E-state index is -1.04. The van der Waals surface area contributed by atoms with E-state index in [-0.39, 0.29) is 12.2 Å². The van der Waals surface area contributed by atoms with Crippen molar-refractivity contribution in [3.8, 4) is 5.75 Å². The molecule has 0 bridgehead atoms. The Morgan fingerprint density at radius 1 is 1.10 bits per heavy atom. The molecule has 0 saturated carbocycles. The van der Waals surface area contributed by atoms with E-state index in [0.717, 1.165) is 0 Å². The summed E-state index contributed by atoms with van der Waals surface area (Å²) in [6.45, 7) is 0.149. The van der Waals surface area contributed by atoms with Crippen LogP contribution in [0, 0.1) is 0 Å². The van der Waals surface area contributed by atoms with Gasteiger partial charge in [-0.2, -0.15) is 0 Å². The van der Waals surface area contributed by atoms with Crippen molar-refractivity contribution in [3.63, 3.8) is 0 Å². The number of benzene rings is 2. The van der Waals surface area contributed by atoms with Gasteiger partial charge in [-0.25, -0.2) is 4.79 Å². The second kappa shape index (κ2) is 6.88. The Labute approximate surface area is 144 Å². The van der Waals surface area contributed by atoms with Gasteiger partial charge in [-0.3, -0.25) is 0 Å². The van der Waals surface area contributed by atoms with Crippen molar-refractivity contribution in [2.45, 2.75) is 6.61 Å². The number of carbonyl (C=O) groups is 1. The number of hydrogen-bond donors (Lipinski definition) is 1. The predicted octanol–water partition coefficient (Wildman–Crippen LogP) is 5.69. The molecular weight excluding hydrogens is 402 g/mol. The van der Waals surface area contributed by atoms with Crippen molar-refractivity contribution in [1.82, 2.24) is 0 Å². The van der Waals surface area contributed by atoms with Gasteiger partial charge in [0.2, 0.25) is 0 Å². The molecule has 0 amide bonds. The van der Waals surface area contributed by atoms with Crippen LogP contribution in [0.5, 0.6) is 5.75 Å². The highest BCUT2D eigenvalue weighted by molar-refractivity contribution is 9.10. The number of aromatic carboxylic acids is 1. The van der Waals surface area contributed by atoms with Gasteiger partial charge in [0.25, 0.3) is 0 Å². The van der Waals surface area contributed by atoms with Gasteiger partial charge in [0.05, 0.1) is 15.6 Å². The van der Waals surface area contributed by atoms with E-state index in [1.807, 2.05) is 0 Å². The van der Waals surface area contributed by atoms with Crippen molar-refractivity contribution in [2.75, 3.05) is 0 Å². The Morgan fingerprint density at radius 3 is 2.43 bits per heavy atom. The van der Waals surface area contributed by atoms with Gasteiger partial charge in [-0.05, 0) is 34.1 Å². The fourth-order valence-electron chi connectivity index (χ4n) is 1.57. The van der Waals surface area contributed by atoms with Crippen molar-refractivity contribution >= 4 is 56.7 Å². The van der Waals surface area contributed by atoms with Crippen LogP contribution in [0.2, 0.25) is 15.1 Å². The van der Waals surface area contributed by atoms with Gasteiger partial charge in [0, 0.05) is 21.1 Å². The summed E-state index contributed by atoms with van der Waals surface area (Å²) in [7, 11) is 0. The molecule has 7 heteroatoms. The maximum atomic E-state index is 10.8. The lowest BCUT2D eigenvalue weighted by Gasteiger charge is -2.11. The van der Waals surface area contributed by atoms with Crippen LogP contribution in [0.15, 0.2) is 34.8 Å². The Hall–Kier alpha value is -0.940.